The first-order valence-electron chi connectivity index (χ1n) is 9.50. The van der Waals surface area contributed by atoms with Crippen LogP contribution in [0.3, 0.4) is 0 Å². The zero-order valence-electron chi connectivity index (χ0n) is 16.6. The highest BCUT2D eigenvalue weighted by Crippen LogP contribution is 2.25. The van der Waals surface area contributed by atoms with Gasteiger partial charge in [-0.1, -0.05) is 0 Å². The van der Waals surface area contributed by atoms with E-state index in [1.54, 1.807) is 29.9 Å². The van der Waals surface area contributed by atoms with Crippen LogP contribution in [0.1, 0.15) is 34.6 Å². The Hall–Kier alpha value is -2.78. The van der Waals surface area contributed by atoms with Gasteiger partial charge in [-0.25, -0.2) is 13.4 Å². The molecule has 1 N–H and O–H groups in total. The summed E-state index contributed by atoms with van der Waals surface area (Å²) in [5.74, 6) is -0.285. The van der Waals surface area contributed by atoms with Crippen LogP contribution in [0, 0.1) is 13.8 Å². The normalized spacial score (nSPS) is 15.1. The molecule has 1 fully saturated rings. The molecule has 1 saturated heterocycles. The fourth-order valence-electron chi connectivity index (χ4n) is 3.74. The lowest BCUT2D eigenvalue weighted by Crippen LogP contribution is -2.27. The molecule has 0 aliphatic carbocycles. The number of fused-ring (bicyclic) bond motifs is 1. The van der Waals surface area contributed by atoms with Crippen molar-refractivity contribution in [3.63, 3.8) is 0 Å². The van der Waals surface area contributed by atoms with Crippen LogP contribution in [-0.4, -0.2) is 46.5 Å². The molecule has 0 saturated carbocycles. The molecule has 0 atom stereocenters. The van der Waals surface area contributed by atoms with E-state index in [0.717, 1.165) is 24.2 Å². The summed E-state index contributed by atoms with van der Waals surface area (Å²) in [6.45, 7) is 4.79. The fraction of sp³-hybridized carbons (Fsp3) is 0.350. The summed E-state index contributed by atoms with van der Waals surface area (Å²) in [6, 6.07) is 8.03. The van der Waals surface area contributed by atoms with Gasteiger partial charge >= 0.3 is 0 Å². The molecule has 1 aliphatic heterocycles. The lowest BCUT2D eigenvalue weighted by atomic mass is 10.1. The van der Waals surface area contributed by atoms with E-state index in [4.69, 9.17) is 0 Å². The molecule has 0 unspecified atom stereocenters. The quantitative estimate of drug-likeness (QED) is 0.709. The van der Waals surface area contributed by atoms with Crippen LogP contribution in [0.2, 0.25) is 0 Å². The molecular weight excluding hydrogens is 390 g/mol. The van der Waals surface area contributed by atoms with Crippen LogP contribution in [0.15, 0.2) is 35.2 Å². The lowest BCUT2D eigenvalue weighted by Gasteiger charge is -2.15. The number of nitrogens with zero attached hydrogens (tertiary/aromatic N) is 4. The number of hydrogen-bond acceptors (Lipinski definition) is 5. The van der Waals surface area contributed by atoms with E-state index >= 15 is 0 Å². The Morgan fingerprint density at radius 2 is 1.76 bits per heavy atom. The summed E-state index contributed by atoms with van der Waals surface area (Å²) in [4.78, 5) is 17.6. The number of anilines is 1. The standard InChI is InChI=1S/C20H23N5O3S/c1-13-12-17(18-14(2)23-24(3)19(18)21-13)20(26)22-15-6-8-16(9-7-15)29(27,28)25-10-4-5-11-25/h6-9,12H,4-5,10-11H2,1-3H3,(H,22,26). The molecule has 4 rings (SSSR count). The molecule has 9 heteroatoms. The number of hydrogen-bond donors (Lipinski definition) is 1. The van der Waals surface area contributed by atoms with Gasteiger partial charge in [0, 0.05) is 31.5 Å². The van der Waals surface area contributed by atoms with Crippen LogP contribution in [0.25, 0.3) is 11.0 Å². The maximum atomic E-state index is 12.9. The summed E-state index contributed by atoms with van der Waals surface area (Å²) in [5, 5.41) is 7.92. The molecule has 0 radical (unpaired) electrons. The highest BCUT2D eigenvalue weighted by atomic mass is 32.2. The Kier molecular flexibility index (Phi) is 4.87. The average Bonchev–Trinajstić information content (AvgIpc) is 3.31. The van der Waals surface area contributed by atoms with Gasteiger partial charge in [-0.2, -0.15) is 9.40 Å². The highest BCUT2D eigenvalue weighted by Gasteiger charge is 2.27. The van der Waals surface area contributed by atoms with Crippen LogP contribution >= 0.6 is 0 Å². The number of aromatic nitrogens is 3. The Labute approximate surface area is 169 Å². The predicted octanol–water partition coefficient (Wildman–Crippen LogP) is 2.62. The average molecular weight is 414 g/mol. The molecular formula is C20H23N5O3S. The Balaban J connectivity index is 1.60. The molecule has 1 amide bonds. The van der Waals surface area contributed by atoms with Gasteiger partial charge in [0.2, 0.25) is 10.0 Å². The fourth-order valence-corrected chi connectivity index (χ4v) is 5.25. The number of aryl methyl sites for hydroxylation is 3. The molecule has 29 heavy (non-hydrogen) atoms. The summed E-state index contributed by atoms with van der Waals surface area (Å²) in [5.41, 5.74) is 3.12. The van der Waals surface area contributed by atoms with Crippen molar-refractivity contribution in [2.75, 3.05) is 18.4 Å². The van der Waals surface area contributed by atoms with E-state index in [0.29, 0.717) is 35.4 Å². The van der Waals surface area contributed by atoms with E-state index in [2.05, 4.69) is 15.4 Å². The number of amides is 1. The number of pyridine rings is 1. The monoisotopic (exact) mass is 413 g/mol. The minimum Gasteiger partial charge on any atom is -0.322 e. The van der Waals surface area contributed by atoms with Gasteiger partial charge in [0.25, 0.3) is 5.91 Å². The second-order valence-electron chi connectivity index (χ2n) is 7.31. The van der Waals surface area contributed by atoms with Crippen LogP contribution in [0.4, 0.5) is 5.69 Å². The number of carbonyl (C=O) groups is 1. The maximum Gasteiger partial charge on any atom is 0.256 e. The zero-order chi connectivity index (χ0) is 20.8. The third kappa shape index (κ3) is 3.51. The first-order chi connectivity index (χ1) is 13.8. The van der Waals surface area contributed by atoms with Crippen molar-refractivity contribution in [2.45, 2.75) is 31.6 Å². The number of nitrogens with one attached hydrogen (secondary N) is 1. The van der Waals surface area contributed by atoms with E-state index in [1.807, 2.05) is 13.8 Å². The SMILES string of the molecule is Cc1cc(C(=O)Nc2ccc(S(=O)(=O)N3CCCC3)cc2)c2c(C)nn(C)c2n1. The molecule has 3 aromatic rings. The van der Waals surface area contributed by atoms with Crippen molar-refractivity contribution in [2.24, 2.45) is 7.05 Å². The maximum absolute atomic E-state index is 12.9. The van der Waals surface area contributed by atoms with Crippen molar-refractivity contribution in [1.82, 2.24) is 19.1 Å². The lowest BCUT2D eigenvalue weighted by molar-refractivity contribution is 0.102. The van der Waals surface area contributed by atoms with Gasteiger partial charge in [0.1, 0.15) is 0 Å². The van der Waals surface area contributed by atoms with Crippen LogP contribution in [0.5, 0.6) is 0 Å². The summed E-state index contributed by atoms with van der Waals surface area (Å²) in [7, 11) is -1.68. The minimum atomic E-state index is -3.47. The van der Waals surface area contributed by atoms with Crippen molar-refractivity contribution in [1.29, 1.82) is 0 Å². The van der Waals surface area contributed by atoms with Crippen molar-refractivity contribution in [3.05, 3.63) is 47.3 Å². The summed E-state index contributed by atoms with van der Waals surface area (Å²) >= 11 is 0. The van der Waals surface area contributed by atoms with Gasteiger partial charge in [-0.05, 0) is 57.0 Å². The summed E-state index contributed by atoms with van der Waals surface area (Å²) in [6.07, 6.45) is 1.78. The van der Waals surface area contributed by atoms with E-state index in [1.165, 1.54) is 16.4 Å². The van der Waals surface area contributed by atoms with Crippen molar-refractivity contribution >= 4 is 32.7 Å². The van der Waals surface area contributed by atoms with Gasteiger partial charge in [-0.15, -0.1) is 0 Å². The van der Waals surface area contributed by atoms with E-state index in [9.17, 15) is 13.2 Å². The van der Waals surface area contributed by atoms with Gasteiger partial charge < -0.3 is 5.32 Å². The first-order valence-corrected chi connectivity index (χ1v) is 10.9. The summed E-state index contributed by atoms with van der Waals surface area (Å²) < 4.78 is 28.4. The zero-order valence-corrected chi connectivity index (χ0v) is 17.5. The van der Waals surface area contributed by atoms with Crippen LogP contribution < -0.4 is 5.32 Å². The number of carbonyl (C=O) groups excluding carboxylic acids is 1. The second kappa shape index (κ2) is 7.23. The van der Waals surface area contributed by atoms with Crippen molar-refractivity contribution in [3.8, 4) is 0 Å². The third-order valence-corrected chi connectivity index (χ3v) is 7.07. The molecule has 3 heterocycles. The number of rotatable bonds is 4. The molecule has 0 spiro atoms. The second-order valence-corrected chi connectivity index (χ2v) is 9.25. The number of benzene rings is 1. The molecule has 1 aliphatic rings. The minimum absolute atomic E-state index is 0.239. The molecule has 8 nitrogen and oxygen atoms in total. The molecule has 2 aromatic heterocycles. The Bertz CT molecular complexity index is 1190. The topological polar surface area (TPSA) is 97.2 Å². The first kappa shape index (κ1) is 19.5. The third-order valence-electron chi connectivity index (χ3n) is 5.16. The smallest absolute Gasteiger partial charge is 0.256 e. The molecule has 1 aromatic carbocycles. The van der Waals surface area contributed by atoms with Crippen molar-refractivity contribution < 1.29 is 13.2 Å². The molecule has 152 valence electrons. The van der Waals surface area contributed by atoms with Gasteiger partial charge in [0.15, 0.2) is 5.65 Å². The Morgan fingerprint density at radius 1 is 1.10 bits per heavy atom. The van der Waals surface area contributed by atoms with Gasteiger partial charge in [0.05, 0.1) is 21.5 Å². The van der Waals surface area contributed by atoms with Crippen LogP contribution in [-0.2, 0) is 17.1 Å². The largest absolute Gasteiger partial charge is 0.322 e. The van der Waals surface area contributed by atoms with Gasteiger partial charge in [-0.3, -0.25) is 9.48 Å². The highest BCUT2D eigenvalue weighted by molar-refractivity contribution is 7.89. The predicted molar refractivity (Wildman–Crippen MR) is 110 cm³/mol. The van der Waals surface area contributed by atoms with E-state index < -0.39 is 10.0 Å². The van der Waals surface area contributed by atoms with E-state index in [-0.39, 0.29) is 10.8 Å². The Morgan fingerprint density at radius 3 is 2.41 bits per heavy atom. The molecule has 0 bridgehead atoms. The number of sulfonamides is 1.